The van der Waals surface area contributed by atoms with Crippen LogP contribution in [0.1, 0.15) is 33.1 Å². The van der Waals surface area contributed by atoms with Crippen molar-refractivity contribution in [1.82, 2.24) is 16.0 Å². The van der Waals surface area contributed by atoms with Crippen molar-refractivity contribution in [1.29, 1.82) is 0 Å². The van der Waals surface area contributed by atoms with Crippen LogP contribution in [0.15, 0.2) is 4.99 Å². The van der Waals surface area contributed by atoms with Crippen molar-refractivity contribution in [2.24, 2.45) is 4.99 Å². The molecule has 1 fully saturated rings. The van der Waals surface area contributed by atoms with Crippen molar-refractivity contribution >= 4 is 35.8 Å². The molecule has 1 amide bonds. The molecule has 1 saturated heterocycles. The lowest BCUT2D eigenvalue weighted by molar-refractivity contribution is -0.119. The van der Waals surface area contributed by atoms with Gasteiger partial charge in [-0.05, 0) is 26.2 Å². The van der Waals surface area contributed by atoms with Crippen molar-refractivity contribution in [2.45, 2.75) is 39.2 Å². The van der Waals surface area contributed by atoms with Crippen LogP contribution in [-0.4, -0.2) is 64.0 Å². The molecule has 0 saturated carbocycles. The van der Waals surface area contributed by atoms with Gasteiger partial charge >= 0.3 is 0 Å². The number of hydrogen-bond acceptors (Lipinski definition) is 4. The molecule has 1 heterocycles. The van der Waals surface area contributed by atoms with Crippen molar-refractivity contribution in [3.63, 3.8) is 0 Å². The SMILES string of the molecule is CCCNC(=O)CN=C(NCC)NCCCOC1CCOC1.I. The molecule has 7 nitrogen and oxygen atoms in total. The average molecular weight is 442 g/mol. The van der Waals surface area contributed by atoms with E-state index in [1.54, 1.807) is 0 Å². The monoisotopic (exact) mass is 442 g/mol. The van der Waals surface area contributed by atoms with Gasteiger partial charge in [0.15, 0.2) is 5.96 Å². The van der Waals surface area contributed by atoms with Crippen LogP contribution >= 0.6 is 24.0 Å². The molecule has 3 N–H and O–H groups in total. The summed E-state index contributed by atoms with van der Waals surface area (Å²) >= 11 is 0. The molecule has 0 radical (unpaired) electrons. The fourth-order valence-corrected chi connectivity index (χ4v) is 1.99. The van der Waals surface area contributed by atoms with Gasteiger partial charge in [0.25, 0.3) is 0 Å². The van der Waals surface area contributed by atoms with E-state index in [1.165, 1.54) is 0 Å². The summed E-state index contributed by atoms with van der Waals surface area (Å²) in [7, 11) is 0. The minimum absolute atomic E-state index is 0. The lowest BCUT2D eigenvalue weighted by atomic mass is 10.3. The molecule has 1 rings (SSSR count). The van der Waals surface area contributed by atoms with Crippen molar-refractivity contribution in [3.8, 4) is 0 Å². The molecule has 1 aliphatic heterocycles. The summed E-state index contributed by atoms with van der Waals surface area (Å²) in [4.78, 5) is 15.8. The maximum atomic E-state index is 11.5. The fraction of sp³-hybridized carbons (Fsp3) is 0.867. The number of carbonyl (C=O) groups excluding carboxylic acids is 1. The molecule has 8 heteroatoms. The van der Waals surface area contributed by atoms with E-state index in [1.807, 2.05) is 13.8 Å². The van der Waals surface area contributed by atoms with E-state index in [2.05, 4.69) is 20.9 Å². The maximum absolute atomic E-state index is 11.5. The zero-order valence-corrected chi connectivity index (χ0v) is 16.6. The van der Waals surface area contributed by atoms with Crippen LogP contribution in [0.5, 0.6) is 0 Å². The summed E-state index contributed by atoms with van der Waals surface area (Å²) in [6.45, 7) is 8.61. The first-order chi connectivity index (χ1) is 10.8. The number of ether oxygens (including phenoxy) is 2. The Morgan fingerprint density at radius 2 is 2.09 bits per heavy atom. The van der Waals surface area contributed by atoms with Crippen LogP contribution in [0, 0.1) is 0 Å². The number of carbonyl (C=O) groups is 1. The molecule has 1 atom stereocenters. The summed E-state index contributed by atoms with van der Waals surface area (Å²) in [5, 5.41) is 9.13. The second-order valence-electron chi connectivity index (χ2n) is 5.18. The molecule has 0 bridgehead atoms. The van der Waals surface area contributed by atoms with Crippen LogP contribution < -0.4 is 16.0 Å². The topological polar surface area (TPSA) is 84.0 Å². The third kappa shape index (κ3) is 11.5. The van der Waals surface area contributed by atoms with E-state index in [-0.39, 0.29) is 42.5 Å². The quantitative estimate of drug-likeness (QED) is 0.203. The highest BCUT2D eigenvalue weighted by atomic mass is 127. The molecule has 1 unspecified atom stereocenters. The minimum atomic E-state index is -0.0522. The van der Waals surface area contributed by atoms with Gasteiger partial charge in [0.05, 0.1) is 12.7 Å². The lowest BCUT2D eigenvalue weighted by Gasteiger charge is -2.12. The van der Waals surface area contributed by atoms with E-state index in [0.717, 1.165) is 39.0 Å². The highest BCUT2D eigenvalue weighted by Gasteiger charge is 2.15. The normalized spacial score (nSPS) is 17.5. The number of rotatable bonds is 10. The number of guanidine groups is 1. The van der Waals surface area contributed by atoms with Gasteiger partial charge in [-0.3, -0.25) is 4.79 Å². The van der Waals surface area contributed by atoms with Crippen molar-refractivity contribution < 1.29 is 14.3 Å². The third-order valence-electron chi connectivity index (χ3n) is 3.15. The Balaban J connectivity index is 0.00000484. The van der Waals surface area contributed by atoms with Crippen LogP contribution in [0.25, 0.3) is 0 Å². The summed E-state index contributed by atoms with van der Waals surface area (Å²) in [6, 6.07) is 0. The van der Waals surface area contributed by atoms with Crippen LogP contribution in [0.2, 0.25) is 0 Å². The predicted octanol–water partition coefficient (Wildman–Crippen LogP) is 0.881. The van der Waals surface area contributed by atoms with Crippen LogP contribution in [0.3, 0.4) is 0 Å². The second-order valence-corrected chi connectivity index (χ2v) is 5.18. The first kappa shape index (κ1) is 22.4. The van der Waals surface area contributed by atoms with E-state index in [0.29, 0.717) is 25.7 Å². The molecule has 1 aliphatic rings. The van der Waals surface area contributed by atoms with Gasteiger partial charge in [-0.2, -0.15) is 0 Å². The third-order valence-corrected chi connectivity index (χ3v) is 3.15. The summed E-state index contributed by atoms with van der Waals surface area (Å²) in [6.07, 6.45) is 3.07. The first-order valence-electron chi connectivity index (χ1n) is 8.24. The number of aliphatic imine (C=N–C) groups is 1. The maximum Gasteiger partial charge on any atom is 0.241 e. The molecule has 0 aliphatic carbocycles. The Morgan fingerprint density at radius 1 is 1.26 bits per heavy atom. The van der Waals surface area contributed by atoms with Gasteiger partial charge in [0.2, 0.25) is 5.91 Å². The predicted molar refractivity (Wildman–Crippen MR) is 102 cm³/mol. The molecular formula is C15H31IN4O3. The Morgan fingerprint density at radius 3 is 2.74 bits per heavy atom. The van der Waals surface area contributed by atoms with Gasteiger partial charge in [-0.1, -0.05) is 6.92 Å². The van der Waals surface area contributed by atoms with Gasteiger partial charge in [-0.25, -0.2) is 4.99 Å². The molecule has 23 heavy (non-hydrogen) atoms. The van der Waals surface area contributed by atoms with Gasteiger partial charge < -0.3 is 25.4 Å². The summed E-state index contributed by atoms with van der Waals surface area (Å²) in [5.41, 5.74) is 0. The number of nitrogens with one attached hydrogen (secondary N) is 3. The Hall–Kier alpha value is -0.610. The van der Waals surface area contributed by atoms with Gasteiger partial charge in [0, 0.05) is 32.8 Å². The Labute approximate surface area is 156 Å². The highest BCUT2D eigenvalue weighted by molar-refractivity contribution is 14.0. The number of halogens is 1. The number of nitrogens with zero attached hydrogens (tertiary/aromatic N) is 1. The fourth-order valence-electron chi connectivity index (χ4n) is 1.99. The van der Waals surface area contributed by atoms with Gasteiger partial charge in [0.1, 0.15) is 6.54 Å². The molecule has 0 aromatic heterocycles. The highest BCUT2D eigenvalue weighted by Crippen LogP contribution is 2.07. The zero-order chi connectivity index (χ0) is 16.0. The average Bonchev–Trinajstić information content (AvgIpc) is 3.03. The largest absolute Gasteiger partial charge is 0.379 e. The van der Waals surface area contributed by atoms with Gasteiger partial charge in [-0.15, -0.1) is 24.0 Å². The van der Waals surface area contributed by atoms with E-state index < -0.39 is 0 Å². The minimum Gasteiger partial charge on any atom is -0.379 e. The Kier molecular flexibility index (Phi) is 14.6. The molecule has 0 aromatic rings. The number of amides is 1. The second kappa shape index (κ2) is 14.9. The molecule has 0 aromatic carbocycles. The smallest absolute Gasteiger partial charge is 0.241 e. The Bertz CT molecular complexity index is 337. The number of hydrogen-bond donors (Lipinski definition) is 3. The van der Waals surface area contributed by atoms with Crippen molar-refractivity contribution in [2.75, 3.05) is 46.0 Å². The van der Waals surface area contributed by atoms with Crippen LogP contribution in [-0.2, 0) is 14.3 Å². The summed E-state index contributed by atoms with van der Waals surface area (Å²) < 4.78 is 11.0. The molecular weight excluding hydrogens is 411 g/mol. The molecule has 0 spiro atoms. The van der Waals surface area contributed by atoms with E-state index in [4.69, 9.17) is 9.47 Å². The van der Waals surface area contributed by atoms with E-state index >= 15 is 0 Å². The van der Waals surface area contributed by atoms with Crippen molar-refractivity contribution in [3.05, 3.63) is 0 Å². The zero-order valence-electron chi connectivity index (χ0n) is 14.2. The lowest BCUT2D eigenvalue weighted by Crippen LogP contribution is -2.39. The summed E-state index contributed by atoms with van der Waals surface area (Å²) in [5.74, 6) is 0.613. The molecule has 136 valence electrons. The van der Waals surface area contributed by atoms with E-state index in [9.17, 15) is 4.79 Å². The van der Waals surface area contributed by atoms with Crippen LogP contribution in [0.4, 0.5) is 0 Å². The standard InChI is InChI=1S/C15H30N4O3.HI/c1-3-7-17-14(20)11-19-15(16-4-2)18-8-5-9-22-13-6-10-21-12-13;/h13H,3-12H2,1-2H3,(H,17,20)(H2,16,18,19);1H. The first-order valence-corrected chi connectivity index (χ1v) is 8.24.